The van der Waals surface area contributed by atoms with Gasteiger partial charge in [0.1, 0.15) is 11.2 Å². The summed E-state index contributed by atoms with van der Waals surface area (Å²) in [4.78, 5) is 0. The number of hydrogen-bond donors (Lipinski definition) is 0. The average molecular weight is 651 g/mol. The Bertz CT molecular complexity index is 3140. The molecule has 3 heterocycles. The summed E-state index contributed by atoms with van der Waals surface area (Å²) in [5.74, 6) is 0. The third kappa shape index (κ3) is 4.12. The minimum absolute atomic E-state index is 0.900. The van der Waals surface area contributed by atoms with Crippen LogP contribution in [0.2, 0.25) is 0 Å². The third-order valence-electron chi connectivity index (χ3n) is 10.5. The quantitative estimate of drug-likeness (QED) is 0.186. The van der Waals surface area contributed by atoms with Crippen LogP contribution in [0.3, 0.4) is 0 Å². The maximum atomic E-state index is 6.33. The van der Waals surface area contributed by atoms with Gasteiger partial charge in [-0.15, -0.1) is 0 Å². The van der Waals surface area contributed by atoms with E-state index in [-0.39, 0.29) is 0 Å². The molecule has 238 valence electrons. The zero-order valence-corrected chi connectivity index (χ0v) is 27.6. The summed E-state index contributed by atoms with van der Waals surface area (Å²) in [5.41, 5.74) is 13.6. The largest absolute Gasteiger partial charge is 0.456 e. The molecular weight excluding hydrogens is 621 g/mol. The molecule has 0 saturated carbocycles. The molecule has 51 heavy (non-hydrogen) atoms. The lowest BCUT2D eigenvalue weighted by molar-refractivity contribution is 0.669. The predicted molar refractivity (Wildman–Crippen MR) is 213 cm³/mol. The van der Waals surface area contributed by atoms with Crippen LogP contribution < -0.4 is 0 Å². The van der Waals surface area contributed by atoms with Crippen molar-refractivity contribution in [1.29, 1.82) is 0 Å². The van der Waals surface area contributed by atoms with Gasteiger partial charge in [0, 0.05) is 43.6 Å². The van der Waals surface area contributed by atoms with Crippen molar-refractivity contribution in [2.45, 2.75) is 0 Å². The first-order valence-electron chi connectivity index (χ1n) is 17.4. The Hall–Kier alpha value is -6.84. The second kappa shape index (κ2) is 10.8. The molecule has 0 atom stereocenters. The summed E-state index contributed by atoms with van der Waals surface area (Å²) < 4.78 is 11.1. The first-order chi connectivity index (χ1) is 25.3. The number of rotatable bonds is 4. The Balaban J connectivity index is 1.15. The van der Waals surface area contributed by atoms with Crippen LogP contribution in [0.4, 0.5) is 0 Å². The fourth-order valence-corrected chi connectivity index (χ4v) is 8.31. The van der Waals surface area contributed by atoms with Gasteiger partial charge in [0.2, 0.25) is 0 Å². The van der Waals surface area contributed by atoms with Gasteiger partial charge in [-0.3, -0.25) is 0 Å². The Kier molecular flexibility index (Phi) is 5.96. The van der Waals surface area contributed by atoms with Crippen LogP contribution in [0.1, 0.15) is 0 Å². The smallest absolute Gasteiger partial charge is 0.136 e. The molecule has 0 unspecified atom stereocenters. The molecule has 11 aromatic rings. The summed E-state index contributed by atoms with van der Waals surface area (Å²) in [7, 11) is 0. The van der Waals surface area contributed by atoms with Crippen molar-refractivity contribution < 1.29 is 4.42 Å². The molecule has 11 rings (SSSR count). The van der Waals surface area contributed by atoms with Crippen LogP contribution in [0.15, 0.2) is 186 Å². The molecule has 3 heteroatoms. The monoisotopic (exact) mass is 650 g/mol. The summed E-state index contributed by atoms with van der Waals surface area (Å²) in [6.45, 7) is 0. The Morgan fingerprint density at radius 2 is 0.922 bits per heavy atom. The molecule has 0 aliphatic carbocycles. The van der Waals surface area contributed by atoms with Crippen molar-refractivity contribution in [2.24, 2.45) is 0 Å². The predicted octanol–water partition coefficient (Wildman–Crippen LogP) is 13.1. The van der Waals surface area contributed by atoms with Gasteiger partial charge in [0.05, 0.1) is 27.8 Å². The highest BCUT2D eigenvalue weighted by atomic mass is 16.3. The zero-order chi connectivity index (χ0) is 33.5. The molecular formula is C48H30N2O. The van der Waals surface area contributed by atoms with Gasteiger partial charge in [-0.1, -0.05) is 121 Å². The van der Waals surface area contributed by atoms with E-state index in [1.54, 1.807) is 0 Å². The number of hydrogen-bond acceptors (Lipinski definition) is 1. The highest BCUT2D eigenvalue weighted by Gasteiger charge is 2.20. The van der Waals surface area contributed by atoms with Crippen LogP contribution in [-0.4, -0.2) is 9.13 Å². The van der Waals surface area contributed by atoms with E-state index >= 15 is 0 Å². The lowest BCUT2D eigenvalue weighted by Crippen LogP contribution is -1.97. The molecule has 0 saturated heterocycles. The number of furan rings is 1. The van der Waals surface area contributed by atoms with Crippen LogP contribution >= 0.6 is 0 Å². The fraction of sp³-hybridized carbons (Fsp3) is 0. The minimum Gasteiger partial charge on any atom is -0.456 e. The fourth-order valence-electron chi connectivity index (χ4n) is 8.31. The van der Waals surface area contributed by atoms with Gasteiger partial charge in [-0.2, -0.15) is 0 Å². The van der Waals surface area contributed by atoms with Crippen LogP contribution in [0.5, 0.6) is 0 Å². The number of para-hydroxylation sites is 5. The maximum absolute atomic E-state index is 6.33. The molecule has 0 bridgehead atoms. The van der Waals surface area contributed by atoms with E-state index in [0.717, 1.165) is 38.8 Å². The highest BCUT2D eigenvalue weighted by Crippen LogP contribution is 2.42. The third-order valence-corrected chi connectivity index (χ3v) is 10.5. The summed E-state index contributed by atoms with van der Waals surface area (Å²) in [6.07, 6.45) is 0. The van der Waals surface area contributed by atoms with E-state index < -0.39 is 0 Å². The Morgan fingerprint density at radius 3 is 1.78 bits per heavy atom. The number of benzene rings is 8. The Morgan fingerprint density at radius 1 is 0.333 bits per heavy atom. The van der Waals surface area contributed by atoms with E-state index in [1.165, 1.54) is 60.4 Å². The van der Waals surface area contributed by atoms with Crippen molar-refractivity contribution in [3.05, 3.63) is 182 Å². The summed E-state index contributed by atoms with van der Waals surface area (Å²) >= 11 is 0. The normalized spacial score (nSPS) is 11.9. The van der Waals surface area contributed by atoms with Crippen LogP contribution in [-0.2, 0) is 0 Å². The first kappa shape index (κ1) is 28.0. The van der Waals surface area contributed by atoms with Crippen molar-refractivity contribution in [3.8, 4) is 33.6 Å². The van der Waals surface area contributed by atoms with Gasteiger partial charge < -0.3 is 13.6 Å². The van der Waals surface area contributed by atoms with E-state index in [2.05, 4.69) is 185 Å². The molecule has 0 aliphatic heterocycles. The number of aromatic nitrogens is 2. The molecule has 0 radical (unpaired) electrons. The average Bonchev–Trinajstić information content (AvgIpc) is 3.85. The molecule has 0 amide bonds. The van der Waals surface area contributed by atoms with Crippen molar-refractivity contribution in [3.63, 3.8) is 0 Å². The van der Waals surface area contributed by atoms with Gasteiger partial charge in [-0.25, -0.2) is 0 Å². The van der Waals surface area contributed by atoms with Crippen molar-refractivity contribution >= 4 is 65.6 Å². The van der Waals surface area contributed by atoms with Crippen LogP contribution in [0.25, 0.3) is 99.2 Å². The first-order valence-corrected chi connectivity index (χ1v) is 17.4. The second-order valence-corrected chi connectivity index (χ2v) is 13.3. The molecule has 3 aromatic heterocycles. The van der Waals surface area contributed by atoms with E-state index in [9.17, 15) is 0 Å². The molecule has 0 N–H and O–H groups in total. The van der Waals surface area contributed by atoms with Gasteiger partial charge in [-0.05, 0) is 77.4 Å². The summed E-state index contributed by atoms with van der Waals surface area (Å²) in [5, 5.41) is 7.25. The highest BCUT2D eigenvalue weighted by molar-refractivity contribution is 6.15. The maximum Gasteiger partial charge on any atom is 0.136 e. The van der Waals surface area contributed by atoms with Crippen LogP contribution in [0, 0.1) is 0 Å². The zero-order valence-electron chi connectivity index (χ0n) is 27.6. The standard InChI is InChI=1S/C48H30N2O/c1-2-13-33(14-3-1)49-41-20-8-6-17-36(41)40-29-31(26-28-44(40)49)32-25-27-37-34-15-4-9-21-42(34)50(45(37)30-32)43-22-10-5-16-35(43)38-19-12-24-47-48(38)39-18-7-11-23-46(39)51-47/h1-30H. The second-order valence-electron chi connectivity index (χ2n) is 13.3. The van der Waals surface area contributed by atoms with E-state index in [1.807, 2.05) is 6.07 Å². The van der Waals surface area contributed by atoms with Gasteiger partial charge >= 0.3 is 0 Å². The SMILES string of the molecule is c1ccc(-n2c3ccccc3c3cc(-c4ccc5c6ccccc6n(-c6ccccc6-c6cccc7oc8ccccc8c67)c5c4)ccc32)cc1. The molecule has 0 spiro atoms. The topological polar surface area (TPSA) is 23.0 Å². The lowest BCUT2D eigenvalue weighted by Gasteiger charge is -2.15. The van der Waals surface area contributed by atoms with Crippen molar-refractivity contribution in [1.82, 2.24) is 9.13 Å². The van der Waals surface area contributed by atoms with Gasteiger partial charge in [0.25, 0.3) is 0 Å². The molecule has 3 nitrogen and oxygen atoms in total. The van der Waals surface area contributed by atoms with Gasteiger partial charge in [0.15, 0.2) is 0 Å². The number of fused-ring (bicyclic) bond motifs is 9. The molecule has 0 aliphatic rings. The van der Waals surface area contributed by atoms with E-state index in [0.29, 0.717) is 0 Å². The van der Waals surface area contributed by atoms with Crippen molar-refractivity contribution in [2.75, 3.05) is 0 Å². The lowest BCUT2D eigenvalue weighted by atomic mass is 9.97. The molecule has 8 aromatic carbocycles. The molecule has 0 fully saturated rings. The van der Waals surface area contributed by atoms with E-state index in [4.69, 9.17) is 4.42 Å². The minimum atomic E-state index is 0.900. The Labute approximate surface area is 293 Å². The number of nitrogens with zero attached hydrogens (tertiary/aromatic N) is 2. The summed E-state index contributed by atoms with van der Waals surface area (Å²) in [6, 6.07) is 65.5.